The number of carbonyl (C=O) groups excluding carboxylic acids is 1. The molecule has 0 saturated heterocycles. The first kappa shape index (κ1) is 22.9. The Hall–Kier alpha value is -2.91. The SMILES string of the molecule is CC1(C)[C@H]2CC[C@]1(C)/C(=N/NC(=O)c1cc3n(n1)[C@H](C(F)(F)F)C[C@@H](c1ccc(F)cc1)N3)C2. The van der Waals surface area contributed by atoms with Crippen molar-refractivity contribution < 1.29 is 22.4 Å². The van der Waals surface area contributed by atoms with Crippen LogP contribution in [-0.4, -0.2) is 27.6 Å². The number of hydrazone groups is 1. The van der Waals surface area contributed by atoms with Gasteiger partial charge in [-0.05, 0) is 48.3 Å². The van der Waals surface area contributed by atoms with E-state index in [-0.39, 0.29) is 28.8 Å². The number of alkyl halides is 3. The summed E-state index contributed by atoms with van der Waals surface area (Å²) in [6, 6.07) is 4.00. The van der Waals surface area contributed by atoms with E-state index in [0.29, 0.717) is 11.5 Å². The highest BCUT2D eigenvalue weighted by Crippen LogP contribution is 2.63. The fourth-order valence-corrected chi connectivity index (χ4v) is 5.87. The van der Waals surface area contributed by atoms with E-state index in [1.54, 1.807) is 0 Å². The molecule has 10 heteroatoms. The second-order valence-corrected chi connectivity index (χ2v) is 10.4. The molecule has 6 nitrogen and oxygen atoms in total. The Bertz CT molecular complexity index is 1150. The van der Waals surface area contributed by atoms with Crippen LogP contribution in [0.5, 0.6) is 0 Å². The molecule has 2 aliphatic carbocycles. The van der Waals surface area contributed by atoms with Gasteiger partial charge >= 0.3 is 6.18 Å². The molecule has 2 bridgehead atoms. The lowest BCUT2D eigenvalue weighted by Gasteiger charge is -2.34. The summed E-state index contributed by atoms with van der Waals surface area (Å²) in [5, 5.41) is 11.4. The molecule has 1 aromatic heterocycles. The molecule has 1 amide bonds. The first-order valence-corrected chi connectivity index (χ1v) is 11.5. The molecule has 2 fully saturated rings. The van der Waals surface area contributed by atoms with Crippen molar-refractivity contribution >= 4 is 17.4 Å². The Morgan fingerprint density at radius 1 is 1.24 bits per heavy atom. The molecule has 0 unspecified atom stereocenters. The third-order valence-electron chi connectivity index (χ3n) is 8.50. The van der Waals surface area contributed by atoms with Crippen LogP contribution in [0.1, 0.15) is 74.6 Å². The van der Waals surface area contributed by atoms with Crippen molar-refractivity contribution in [2.45, 2.75) is 64.7 Å². The zero-order valence-corrected chi connectivity index (χ0v) is 19.2. The average Bonchev–Trinajstić information content (AvgIpc) is 3.35. The van der Waals surface area contributed by atoms with Gasteiger partial charge in [-0.15, -0.1) is 0 Å². The number of fused-ring (bicyclic) bond motifs is 3. The van der Waals surface area contributed by atoms with E-state index in [4.69, 9.17) is 0 Å². The highest BCUT2D eigenvalue weighted by molar-refractivity contribution is 5.97. The Balaban J connectivity index is 1.39. The zero-order chi connectivity index (χ0) is 24.5. The van der Waals surface area contributed by atoms with E-state index in [0.717, 1.165) is 29.7 Å². The maximum Gasteiger partial charge on any atom is 0.410 e. The van der Waals surface area contributed by atoms with Gasteiger partial charge in [-0.1, -0.05) is 32.9 Å². The van der Waals surface area contributed by atoms with Crippen molar-refractivity contribution in [3.05, 3.63) is 47.4 Å². The Morgan fingerprint density at radius 2 is 1.94 bits per heavy atom. The number of hydrogen-bond donors (Lipinski definition) is 2. The smallest absolute Gasteiger partial charge is 0.363 e. The number of benzene rings is 1. The molecule has 2 aromatic rings. The van der Waals surface area contributed by atoms with Gasteiger partial charge in [0, 0.05) is 23.6 Å². The van der Waals surface area contributed by atoms with Crippen molar-refractivity contribution in [1.29, 1.82) is 0 Å². The monoisotopic (exact) mass is 477 g/mol. The molecule has 5 rings (SSSR count). The number of rotatable bonds is 3. The number of carbonyl (C=O) groups is 1. The zero-order valence-electron chi connectivity index (χ0n) is 19.2. The van der Waals surface area contributed by atoms with Gasteiger partial charge in [-0.25, -0.2) is 14.5 Å². The summed E-state index contributed by atoms with van der Waals surface area (Å²) < 4.78 is 55.7. The minimum atomic E-state index is -4.57. The summed E-state index contributed by atoms with van der Waals surface area (Å²) in [6.07, 6.45) is -1.97. The molecule has 4 atom stereocenters. The van der Waals surface area contributed by atoms with Crippen LogP contribution in [0, 0.1) is 22.6 Å². The van der Waals surface area contributed by atoms with E-state index in [9.17, 15) is 22.4 Å². The number of aromatic nitrogens is 2. The van der Waals surface area contributed by atoms with E-state index >= 15 is 0 Å². The van der Waals surface area contributed by atoms with E-state index < -0.39 is 30.0 Å². The lowest BCUT2D eigenvalue weighted by molar-refractivity contribution is -0.173. The van der Waals surface area contributed by atoms with Crippen LogP contribution in [0.15, 0.2) is 35.4 Å². The summed E-state index contributed by atoms with van der Waals surface area (Å²) >= 11 is 0. The molecule has 182 valence electrons. The number of amides is 1. The molecule has 2 N–H and O–H groups in total. The number of anilines is 1. The molecule has 0 radical (unpaired) electrons. The maximum atomic E-state index is 13.9. The van der Waals surface area contributed by atoms with Gasteiger partial charge in [0.1, 0.15) is 11.6 Å². The van der Waals surface area contributed by atoms with Crippen LogP contribution in [-0.2, 0) is 0 Å². The third kappa shape index (κ3) is 3.49. The van der Waals surface area contributed by atoms with Crippen LogP contribution in [0.25, 0.3) is 0 Å². The number of nitrogens with one attached hydrogen (secondary N) is 2. The predicted octanol–water partition coefficient (Wildman–Crippen LogP) is 5.61. The summed E-state index contributed by atoms with van der Waals surface area (Å²) in [4.78, 5) is 12.8. The summed E-state index contributed by atoms with van der Waals surface area (Å²) in [6.45, 7) is 6.60. The molecule has 3 aliphatic rings. The van der Waals surface area contributed by atoms with Crippen LogP contribution in [0.2, 0.25) is 0 Å². The summed E-state index contributed by atoms with van der Waals surface area (Å²) in [7, 11) is 0. The third-order valence-corrected chi connectivity index (χ3v) is 8.50. The van der Waals surface area contributed by atoms with Gasteiger partial charge in [-0.2, -0.15) is 23.4 Å². The van der Waals surface area contributed by atoms with Crippen molar-refractivity contribution in [2.75, 3.05) is 5.32 Å². The minimum Gasteiger partial charge on any atom is -0.363 e. The quantitative estimate of drug-likeness (QED) is 0.446. The molecular formula is C24H27F4N5O. The normalized spacial score (nSPS) is 30.8. The second kappa shape index (κ2) is 7.55. The first-order valence-electron chi connectivity index (χ1n) is 11.5. The van der Waals surface area contributed by atoms with Gasteiger partial charge in [0.05, 0.1) is 6.04 Å². The van der Waals surface area contributed by atoms with E-state index in [1.807, 2.05) is 0 Å². The van der Waals surface area contributed by atoms with Gasteiger partial charge in [0.2, 0.25) is 0 Å². The molecule has 34 heavy (non-hydrogen) atoms. The minimum absolute atomic E-state index is 0.0775. The lowest BCUT2D eigenvalue weighted by atomic mass is 9.70. The Morgan fingerprint density at radius 3 is 2.53 bits per heavy atom. The van der Waals surface area contributed by atoms with Crippen LogP contribution < -0.4 is 10.7 Å². The van der Waals surface area contributed by atoms with Crippen molar-refractivity contribution in [3.8, 4) is 0 Å². The molecule has 2 heterocycles. The van der Waals surface area contributed by atoms with E-state index in [2.05, 4.69) is 41.7 Å². The van der Waals surface area contributed by atoms with Crippen molar-refractivity contribution in [2.24, 2.45) is 21.8 Å². The number of nitrogens with zero attached hydrogens (tertiary/aromatic N) is 3. The predicted molar refractivity (Wildman–Crippen MR) is 119 cm³/mol. The van der Waals surface area contributed by atoms with Crippen LogP contribution in [0.4, 0.5) is 23.4 Å². The largest absolute Gasteiger partial charge is 0.410 e. The standard InChI is InChI=1S/C24H27F4N5O/c1-22(2)14-8-9-23(22,3)18(10-14)30-31-21(34)17-12-20-29-16(13-4-6-15(25)7-5-13)11-19(24(26,27)28)33(20)32-17/h4-7,12,14,16,19,29H,8-11H2,1-3H3,(H,31,34)/b30-18+/t14-,16-,19-,23+/m0/s1. The fourth-order valence-electron chi connectivity index (χ4n) is 5.87. The second-order valence-electron chi connectivity index (χ2n) is 10.4. The lowest BCUT2D eigenvalue weighted by Crippen LogP contribution is -2.36. The fraction of sp³-hybridized carbons (Fsp3) is 0.542. The van der Waals surface area contributed by atoms with Crippen LogP contribution >= 0.6 is 0 Å². The Kier molecular flexibility index (Phi) is 5.07. The highest BCUT2D eigenvalue weighted by Gasteiger charge is 2.60. The average molecular weight is 478 g/mol. The van der Waals surface area contributed by atoms with Crippen LogP contribution in [0.3, 0.4) is 0 Å². The number of hydrogen-bond acceptors (Lipinski definition) is 4. The van der Waals surface area contributed by atoms with Gasteiger partial charge in [-0.3, -0.25) is 4.79 Å². The topological polar surface area (TPSA) is 71.3 Å². The highest BCUT2D eigenvalue weighted by atomic mass is 19.4. The Labute approximate surface area is 194 Å². The molecule has 1 aliphatic heterocycles. The van der Waals surface area contributed by atoms with Gasteiger partial charge < -0.3 is 5.32 Å². The molecule has 1 aromatic carbocycles. The molecular weight excluding hydrogens is 450 g/mol. The van der Waals surface area contributed by atoms with Gasteiger partial charge in [0.15, 0.2) is 11.7 Å². The molecule has 2 saturated carbocycles. The summed E-state index contributed by atoms with van der Waals surface area (Å²) in [5.41, 5.74) is 3.80. The van der Waals surface area contributed by atoms with Gasteiger partial charge in [0.25, 0.3) is 5.91 Å². The van der Waals surface area contributed by atoms with Crippen molar-refractivity contribution in [1.82, 2.24) is 15.2 Å². The summed E-state index contributed by atoms with van der Waals surface area (Å²) in [5.74, 6) is -0.535. The van der Waals surface area contributed by atoms with E-state index in [1.165, 1.54) is 30.3 Å². The first-order chi connectivity index (χ1) is 15.9. The maximum absolute atomic E-state index is 13.9. The van der Waals surface area contributed by atoms with Crippen molar-refractivity contribution in [3.63, 3.8) is 0 Å². The molecule has 0 spiro atoms. The number of halogens is 4.